The highest BCUT2D eigenvalue weighted by molar-refractivity contribution is 6.00. The Morgan fingerprint density at radius 3 is 2.24 bits per heavy atom. The second-order valence-electron chi connectivity index (χ2n) is 10.3. The van der Waals surface area contributed by atoms with Crippen LogP contribution in [0.3, 0.4) is 0 Å². The Bertz CT molecular complexity index is 1220. The number of aromatic nitrogens is 2. The molecule has 0 spiro atoms. The van der Waals surface area contributed by atoms with Crippen molar-refractivity contribution in [2.75, 3.05) is 36.0 Å². The zero-order chi connectivity index (χ0) is 25.8. The summed E-state index contributed by atoms with van der Waals surface area (Å²) < 4.78 is 15.0. The number of amides is 1. The van der Waals surface area contributed by atoms with Crippen LogP contribution in [0.4, 0.5) is 16.0 Å². The average molecular weight is 502 g/mol. The summed E-state index contributed by atoms with van der Waals surface area (Å²) >= 11 is 0. The molecule has 0 atom stereocenters. The molecule has 0 radical (unpaired) electrons. The molecule has 194 valence electrons. The quantitative estimate of drug-likeness (QED) is 0.402. The lowest BCUT2D eigenvalue weighted by Gasteiger charge is -2.29. The molecular formula is C30H36FN5O. The number of hydrogen-bond acceptors (Lipinski definition) is 5. The molecule has 0 N–H and O–H groups in total. The second kappa shape index (κ2) is 11.3. The number of anilines is 2. The summed E-state index contributed by atoms with van der Waals surface area (Å²) in [4.78, 5) is 29.7. The minimum absolute atomic E-state index is 0.0546. The number of carbonyl (C=O) groups is 1. The third-order valence-electron chi connectivity index (χ3n) is 7.42. The van der Waals surface area contributed by atoms with Crippen molar-refractivity contribution in [1.29, 1.82) is 0 Å². The minimum Gasteiger partial charge on any atom is -0.372 e. The average Bonchev–Trinajstić information content (AvgIpc) is 3.47. The maximum atomic E-state index is 15.0. The van der Waals surface area contributed by atoms with Gasteiger partial charge >= 0.3 is 0 Å². The molecule has 0 aliphatic carbocycles. The zero-order valence-electron chi connectivity index (χ0n) is 21.9. The van der Waals surface area contributed by atoms with Crippen LogP contribution in [0, 0.1) is 5.82 Å². The molecule has 6 nitrogen and oxygen atoms in total. The fourth-order valence-electron chi connectivity index (χ4n) is 5.26. The molecule has 2 aliphatic heterocycles. The zero-order valence-corrected chi connectivity index (χ0v) is 21.9. The van der Waals surface area contributed by atoms with Crippen molar-refractivity contribution >= 4 is 17.5 Å². The van der Waals surface area contributed by atoms with E-state index < -0.39 is 5.82 Å². The fraction of sp³-hybridized carbons (Fsp3) is 0.433. The van der Waals surface area contributed by atoms with E-state index in [1.807, 2.05) is 18.7 Å². The van der Waals surface area contributed by atoms with Crippen LogP contribution in [0.25, 0.3) is 11.3 Å². The van der Waals surface area contributed by atoms with Gasteiger partial charge in [0, 0.05) is 56.2 Å². The number of halogens is 1. The van der Waals surface area contributed by atoms with Gasteiger partial charge in [0.15, 0.2) is 0 Å². The number of benzene rings is 2. The first-order valence-electron chi connectivity index (χ1n) is 13.5. The van der Waals surface area contributed by atoms with Crippen molar-refractivity contribution in [2.45, 2.75) is 58.5 Å². The first-order chi connectivity index (χ1) is 18.0. The van der Waals surface area contributed by atoms with E-state index in [1.54, 1.807) is 24.4 Å². The van der Waals surface area contributed by atoms with E-state index in [-0.39, 0.29) is 11.9 Å². The molecule has 0 saturated carbocycles. The van der Waals surface area contributed by atoms with Gasteiger partial charge in [-0.25, -0.2) is 14.4 Å². The summed E-state index contributed by atoms with van der Waals surface area (Å²) in [6.45, 7) is 8.40. The van der Waals surface area contributed by atoms with Gasteiger partial charge in [0.05, 0.1) is 11.3 Å². The highest BCUT2D eigenvalue weighted by Crippen LogP contribution is 2.29. The number of hydrogen-bond donors (Lipinski definition) is 0. The summed E-state index contributed by atoms with van der Waals surface area (Å²) in [6.07, 6.45) is 7.41. The third kappa shape index (κ3) is 5.60. The van der Waals surface area contributed by atoms with Gasteiger partial charge in [-0.3, -0.25) is 4.79 Å². The normalized spacial score (nSPS) is 15.9. The Morgan fingerprint density at radius 1 is 0.919 bits per heavy atom. The van der Waals surface area contributed by atoms with Crippen LogP contribution in [0.1, 0.15) is 61.9 Å². The van der Waals surface area contributed by atoms with Crippen LogP contribution in [-0.4, -0.2) is 53.0 Å². The lowest BCUT2D eigenvalue weighted by molar-refractivity contribution is 0.0690. The first-order valence-corrected chi connectivity index (χ1v) is 13.5. The Balaban J connectivity index is 1.46. The van der Waals surface area contributed by atoms with E-state index in [1.165, 1.54) is 31.0 Å². The van der Waals surface area contributed by atoms with Gasteiger partial charge in [-0.05, 0) is 75.8 Å². The number of carbonyl (C=O) groups excluding carboxylic acids is 1. The molecule has 3 heterocycles. The summed E-state index contributed by atoms with van der Waals surface area (Å²) in [6, 6.07) is 15.0. The monoisotopic (exact) mass is 501 g/mol. The van der Waals surface area contributed by atoms with Crippen LogP contribution in [0.2, 0.25) is 0 Å². The van der Waals surface area contributed by atoms with Gasteiger partial charge in [-0.15, -0.1) is 0 Å². The van der Waals surface area contributed by atoms with E-state index in [4.69, 9.17) is 4.98 Å². The standard InChI is InChI=1S/C30H36FN5O/c1-22(2)36(21-23-12-14-24(15-13-23)34-16-8-9-17-34)29(37)26-20-32-30(35-18-6-3-7-19-35)33-28(26)25-10-4-5-11-27(25)31/h4-5,10-15,20,22H,3,6-9,16-19,21H2,1-2H3. The van der Waals surface area contributed by atoms with Crippen LogP contribution < -0.4 is 9.80 Å². The molecule has 0 bridgehead atoms. The predicted octanol–water partition coefficient (Wildman–Crippen LogP) is 5.92. The molecule has 7 heteroatoms. The van der Waals surface area contributed by atoms with E-state index >= 15 is 0 Å². The first kappa shape index (κ1) is 25.2. The smallest absolute Gasteiger partial charge is 0.258 e. The number of rotatable bonds is 7. The highest BCUT2D eigenvalue weighted by Gasteiger charge is 2.26. The van der Waals surface area contributed by atoms with E-state index in [0.717, 1.165) is 44.6 Å². The maximum absolute atomic E-state index is 15.0. The number of piperidine rings is 1. The predicted molar refractivity (Wildman–Crippen MR) is 146 cm³/mol. The number of nitrogens with zero attached hydrogens (tertiary/aromatic N) is 5. The Kier molecular flexibility index (Phi) is 7.68. The van der Waals surface area contributed by atoms with Gasteiger partial charge in [0.25, 0.3) is 5.91 Å². The van der Waals surface area contributed by atoms with Crippen LogP contribution >= 0.6 is 0 Å². The fourth-order valence-corrected chi connectivity index (χ4v) is 5.26. The molecule has 2 fully saturated rings. The lowest BCUT2D eigenvalue weighted by atomic mass is 10.0. The van der Waals surface area contributed by atoms with Gasteiger partial charge in [-0.1, -0.05) is 24.3 Å². The van der Waals surface area contributed by atoms with Crippen molar-refractivity contribution in [2.24, 2.45) is 0 Å². The maximum Gasteiger partial charge on any atom is 0.258 e. The third-order valence-corrected chi connectivity index (χ3v) is 7.42. The molecule has 3 aromatic rings. The molecule has 1 amide bonds. The van der Waals surface area contributed by atoms with Crippen LogP contribution in [0.15, 0.2) is 54.7 Å². The van der Waals surface area contributed by atoms with E-state index in [2.05, 4.69) is 39.0 Å². The lowest BCUT2D eigenvalue weighted by Crippen LogP contribution is -2.37. The molecule has 2 saturated heterocycles. The molecule has 2 aliphatic rings. The molecule has 37 heavy (non-hydrogen) atoms. The van der Waals surface area contributed by atoms with E-state index in [9.17, 15) is 9.18 Å². The van der Waals surface area contributed by atoms with Crippen molar-refractivity contribution in [3.05, 3.63) is 71.7 Å². The van der Waals surface area contributed by atoms with Gasteiger partial charge < -0.3 is 14.7 Å². The topological polar surface area (TPSA) is 52.6 Å². The SMILES string of the molecule is CC(C)N(Cc1ccc(N2CCCC2)cc1)C(=O)c1cnc(N2CCCCC2)nc1-c1ccccc1F. The Labute approximate surface area is 219 Å². The summed E-state index contributed by atoms with van der Waals surface area (Å²) in [7, 11) is 0. The van der Waals surface area contributed by atoms with Crippen molar-refractivity contribution in [3.63, 3.8) is 0 Å². The second-order valence-corrected chi connectivity index (χ2v) is 10.3. The molecule has 5 rings (SSSR count). The van der Waals surface area contributed by atoms with Crippen molar-refractivity contribution in [3.8, 4) is 11.3 Å². The van der Waals surface area contributed by atoms with Crippen LogP contribution in [-0.2, 0) is 6.54 Å². The summed E-state index contributed by atoms with van der Waals surface area (Å²) in [5.74, 6) is -0.0291. The van der Waals surface area contributed by atoms with E-state index in [0.29, 0.717) is 29.3 Å². The summed E-state index contributed by atoms with van der Waals surface area (Å²) in [5.41, 5.74) is 3.29. The molecule has 2 aromatic carbocycles. The summed E-state index contributed by atoms with van der Waals surface area (Å²) in [5, 5.41) is 0. The van der Waals surface area contributed by atoms with Crippen LogP contribution in [0.5, 0.6) is 0 Å². The van der Waals surface area contributed by atoms with Gasteiger partial charge in [0.1, 0.15) is 5.82 Å². The molecular weight excluding hydrogens is 465 g/mol. The minimum atomic E-state index is -0.395. The highest BCUT2D eigenvalue weighted by atomic mass is 19.1. The molecule has 1 aromatic heterocycles. The Hall–Kier alpha value is -3.48. The van der Waals surface area contributed by atoms with Crippen molar-refractivity contribution in [1.82, 2.24) is 14.9 Å². The van der Waals surface area contributed by atoms with Crippen molar-refractivity contribution < 1.29 is 9.18 Å². The largest absolute Gasteiger partial charge is 0.372 e. The van der Waals surface area contributed by atoms with Gasteiger partial charge in [0.2, 0.25) is 5.95 Å². The Morgan fingerprint density at radius 2 is 1.57 bits per heavy atom. The van der Waals surface area contributed by atoms with Gasteiger partial charge in [-0.2, -0.15) is 0 Å². The molecule has 0 unspecified atom stereocenters.